The average Bonchev–Trinajstić information content (AvgIpc) is 2.55. The van der Waals surface area contributed by atoms with E-state index in [4.69, 9.17) is 16.3 Å². The predicted octanol–water partition coefficient (Wildman–Crippen LogP) is 3.45. The topological polar surface area (TPSA) is 72.8 Å². The van der Waals surface area contributed by atoms with E-state index in [-0.39, 0.29) is 0 Å². The Morgan fingerprint density at radius 2 is 2.04 bits per heavy atom. The molecule has 2 aromatic heterocycles. The molecule has 3 rings (SSSR count). The number of hydrogen-bond acceptors (Lipinski definition) is 6. The highest BCUT2D eigenvalue weighted by molar-refractivity contribution is 6.30. The first-order valence-corrected chi connectivity index (χ1v) is 7.67. The van der Waals surface area contributed by atoms with Crippen molar-refractivity contribution in [3.05, 3.63) is 59.0 Å². The first-order chi connectivity index (χ1) is 11.2. The largest absolute Gasteiger partial charge is 0.439 e. The fourth-order valence-electron chi connectivity index (χ4n) is 2.10. The Kier molecular flexibility index (Phi) is 4.83. The highest BCUT2D eigenvalue weighted by atomic mass is 35.5. The minimum absolute atomic E-state index is 0.468. The number of nitrogens with zero attached hydrogens (tertiary/aromatic N) is 4. The molecule has 2 aromatic rings. The first kappa shape index (κ1) is 15.4. The van der Waals surface area contributed by atoms with E-state index in [0.29, 0.717) is 29.2 Å². The molecule has 0 amide bonds. The normalized spacial score (nSPS) is 13.6. The monoisotopic (exact) mass is 329 g/mol. The summed E-state index contributed by atoms with van der Waals surface area (Å²) < 4.78 is 5.79. The molecule has 0 saturated heterocycles. The fourth-order valence-corrected chi connectivity index (χ4v) is 2.20. The van der Waals surface area contributed by atoms with Gasteiger partial charge < -0.3 is 10.1 Å². The molecular weight excluding hydrogens is 314 g/mol. The number of anilines is 1. The van der Waals surface area contributed by atoms with E-state index < -0.39 is 0 Å². The number of allylic oxidation sites excluding steroid dienone is 3. The minimum atomic E-state index is 0.468. The third kappa shape index (κ3) is 4.50. The van der Waals surface area contributed by atoms with E-state index in [0.717, 1.165) is 24.3 Å². The molecule has 0 spiro atoms. The lowest BCUT2D eigenvalue weighted by molar-refractivity contribution is 0.418. The molecule has 1 aliphatic carbocycles. The molecule has 0 saturated carbocycles. The number of aryl methyl sites for hydroxylation is 1. The molecule has 0 bridgehead atoms. The highest BCUT2D eigenvalue weighted by Gasteiger charge is 2.07. The summed E-state index contributed by atoms with van der Waals surface area (Å²) in [5.41, 5.74) is 0.798. The van der Waals surface area contributed by atoms with Crippen LogP contribution in [0.3, 0.4) is 0 Å². The van der Waals surface area contributed by atoms with Gasteiger partial charge in [0, 0.05) is 6.07 Å². The minimum Gasteiger partial charge on any atom is -0.439 e. The van der Waals surface area contributed by atoms with E-state index in [9.17, 15) is 0 Å². The van der Waals surface area contributed by atoms with Crippen LogP contribution in [-0.4, -0.2) is 19.9 Å². The van der Waals surface area contributed by atoms with E-state index in [1.165, 1.54) is 0 Å². The van der Waals surface area contributed by atoms with Crippen LogP contribution in [0.25, 0.3) is 0 Å². The molecule has 6 nitrogen and oxygen atoms in total. The van der Waals surface area contributed by atoms with Crippen LogP contribution in [0.15, 0.2) is 42.4 Å². The van der Waals surface area contributed by atoms with Crippen LogP contribution >= 0.6 is 11.6 Å². The van der Waals surface area contributed by atoms with E-state index in [1.807, 2.05) is 13.0 Å². The third-order valence-electron chi connectivity index (χ3n) is 3.10. The SMILES string of the molecule is Cc1nc(CNc2ncc(Cl)cn2)cc(OC2=CCCC=C2)n1. The lowest BCUT2D eigenvalue weighted by Crippen LogP contribution is -2.07. The Balaban J connectivity index is 1.68. The molecule has 0 atom stereocenters. The first-order valence-electron chi connectivity index (χ1n) is 7.29. The smallest absolute Gasteiger partial charge is 0.222 e. The second-order valence-electron chi connectivity index (χ2n) is 5.01. The van der Waals surface area contributed by atoms with Crippen molar-refractivity contribution < 1.29 is 4.74 Å². The molecule has 1 N–H and O–H groups in total. The van der Waals surface area contributed by atoms with Gasteiger partial charge >= 0.3 is 0 Å². The summed E-state index contributed by atoms with van der Waals surface area (Å²) >= 11 is 5.76. The highest BCUT2D eigenvalue weighted by Crippen LogP contribution is 2.17. The molecule has 0 aromatic carbocycles. The van der Waals surface area contributed by atoms with Gasteiger partial charge in [-0.05, 0) is 31.9 Å². The molecular formula is C16H16ClN5O. The molecule has 0 radical (unpaired) electrons. The molecule has 7 heteroatoms. The van der Waals surface area contributed by atoms with Gasteiger partial charge in [-0.1, -0.05) is 17.7 Å². The number of ether oxygens (including phenoxy) is 1. The van der Waals surface area contributed by atoms with Gasteiger partial charge in [0.05, 0.1) is 29.7 Å². The summed E-state index contributed by atoms with van der Waals surface area (Å²) in [6.45, 7) is 2.30. The molecule has 2 heterocycles. The zero-order valence-electron chi connectivity index (χ0n) is 12.7. The van der Waals surface area contributed by atoms with Gasteiger partial charge in [0.15, 0.2) is 0 Å². The number of halogens is 1. The number of hydrogen-bond donors (Lipinski definition) is 1. The lowest BCUT2D eigenvalue weighted by Gasteiger charge is -2.11. The second kappa shape index (κ2) is 7.19. The second-order valence-corrected chi connectivity index (χ2v) is 5.45. The third-order valence-corrected chi connectivity index (χ3v) is 3.29. The number of aromatic nitrogens is 4. The Morgan fingerprint density at radius 1 is 1.22 bits per heavy atom. The van der Waals surface area contributed by atoms with Crippen molar-refractivity contribution in [2.45, 2.75) is 26.3 Å². The Hall–Kier alpha value is -2.47. The zero-order chi connectivity index (χ0) is 16.1. The van der Waals surface area contributed by atoms with E-state index in [1.54, 1.807) is 18.5 Å². The van der Waals surface area contributed by atoms with Crippen molar-refractivity contribution in [1.82, 2.24) is 19.9 Å². The van der Waals surface area contributed by atoms with E-state index >= 15 is 0 Å². The van der Waals surface area contributed by atoms with Crippen LogP contribution in [0, 0.1) is 6.92 Å². The molecule has 0 fully saturated rings. The fraction of sp³-hybridized carbons (Fsp3) is 0.250. The molecule has 1 aliphatic rings. The van der Waals surface area contributed by atoms with Gasteiger partial charge in [-0.2, -0.15) is 4.98 Å². The van der Waals surface area contributed by atoms with Gasteiger partial charge in [0.25, 0.3) is 0 Å². The molecule has 0 unspecified atom stereocenters. The summed E-state index contributed by atoms with van der Waals surface area (Å²) in [4.78, 5) is 16.9. The van der Waals surface area contributed by atoms with Gasteiger partial charge in [0.1, 0.15) is 11.6 Å². The summed E-state index contributed by atoms with van der Waals surface area (Å²) in [6, 6.07) is 1.80. The Labute approximate surface area is 139 Å². The van der Waals surface area contributed by atoms with Crippen LogP contribution in [0.1, 0.15) is 24.4 Å². The number of rotatable bonds is 5. The van der Waals surface area contributed by atoms with Crippen molar-refractivity contribution in [3.8, 4) is 5.88 Å². The van der Waals surface area contributed by atoms with Crippen molar-refractivity contribution in [2.24, 2.45) is 0 Å². The standard InChI is InChI=1S/C16H16ClN5O/c1-11-21-13(10-20-16-18-8-12(17)9-19-16)7-15(22-11)23-14-5-3-2-4-6-14/h3,5-9H,2,4,10H2,1H3,(H,18,19,20). The maximum absolute atomic E-state index is 5.79. The van der Waals surface area contributed by atoms with Crippen LogP contribution in [0.2, 0.25) is 5.02 Å². The maximum atomic E-state index is 5.79. The van der Waals surface area contributed by atoms with Gasteiger partial charge in [-0.3, -0.25) is 0 Å². The van der Waals surface area contributed by atoms with Crippen molar-refractivity contribution in [1.29, 1.82) is 0 Å². The maximum Gasteiger partial charge on any atom is 0.222 e. The van der Waals surface area contributed by atoms with E-state index in [2.05, 4.69) is 37.4 Å². The molecule has 23 heavy (non-hydrogen) atoms. The summed E-state index contributed by atoms with van der Waals surface area (Å²) in [5.74, 6) is 2.49. The lowest BCUT2D eigenvalue weighted by atomic mass is 10.2. The quantitative estimate of drug-likeness (QED) is 0.905. The number of nitrogens with one attached hydrogen (secondary N) is 1. The van der Waals surface area contributed by atoms with Crippen LogP contribution in [0.5, 0.6) is 5.88 Å². The van der Waals surface area contributed by atoms with Gasteiger partial charge in [0.2, 0.25) is 11.8 Å². The average molecular weight is 330 g/mol. The van der Waals surface area contributed by atoms with Crippen molar-refractivity contribution in [2.75, 3.05) is 5.32 Å². The molecule has 0 aliphatic heterocycles. The summed E-state index contributed by atoms with van der Waals surface area (Å²) in [6.07, 6.45) is 11.2. The Bertz CT molecular complexity index is 743. The Morgan fingerprint density at radius 3 is 2.78 bits per heavy atom. The van der Waals surface area contributed by atoms with Gasteiger partial charge in [-0.25, -0.2) is 15.0 Å². The predicted molar refractivity (Wildman–Crippen MR) is 88.2 cm³/mol. The van der Waals surface area contributed by atoms with Gasteiger partial charge in [-0.15, -0.1) is 0 Å². The van der Waals surface area contributed by atoms with Crippen molar-refractivity contribution >= 4 is 17.5 Å². The zero-order valence-corrected chi connectivity index (χ0v) is 13.4. The molecule has 118 valence electrons. The van der Waals surface area contributed by atoms with Crippen LogP contribution < -0.4 is 10.1 Å². The summed E-state index contributed by atoms with van der Waals surface area (Å²) in [5, 5.41) is 3.59. The van der Waals surface area contributed by atoms with Crippen LogP contribution in [-0.2, 0) is 6.54 Å². The summed E-state index contributed by atoms with van der Waals surface area (Å²) in [7, 11) is 0. The van der Waals surface area contributed by atoms with Crippen LogP contribution in [0.4, 0.5) is 5.95 Å². The van der Waals surface area contributed by atoms with Crippen molar-refractivity contribution in [3.63, 3.8) is 0 Å².